The second-order valence-electron chi connectivity index (χ2n) is 8.58. The number of hydrogen-bond donors (Lipinski definition) is 2. The first-order valence-electron chi connectivity index (χ1n) is 10.9. The van der Waals surface area contributed by atoms with Crippen molar-refractivity contribution < 1.29 is 22.7 Å². The monoisotopic (exact) mass is 453 g/mol. The summed E-state index contributed by atoms with van der Waals surface area (Å²) in [5.74, 6) is -0.265. The molecule has 9 heteroatoms. The Bertz CT molecular complexity index is 877. The highest BCUT2D eigenvalue weighted by Crippen LogP contribution is 2.31. The highest BCUT2D eigenvalue weighted by Gasteiger charge is 2.31. The minimum absolute atomic E-state index is 0.0407. The number of nitrogens with one attached hydrogen (secondary N) is 2. The maximum absolute atomic E-state index is 13.1. The lowest BCUT2D eigenvalue weighted by atomic mass is 10.0. The standard InChI is InChI=1S/C22H35N3O5S/c1-6-30-18-10-9-17(14-19(18)31(28,29)25-11-7-8-12-25)23-22(27)21(16(4)5)24-20(26)13-15(2)3/h9-10,14-16,21H,6-8,11-13H2,1-5H3,(H,23,27)(H,24,26). The molecule has 8 nitrogen and oxygen atoms in total. The van der Waals surface area contributed by atoms with Crippen LogP contribution in [0.5, 0.6) is 5.75 Å². The second-order valence-corrected chi connectivity index (χ2v) is 10.5. The van der Waals surface area contributed by atoms with Gasteiger partial charge in [0, 0.05) is 25.2 Å². The van der Waals surface area contributed by atoms with Crippen LogP contribution in [0.15, 0.2) is 23.1 Å². The molecule has 31 heavy (non-hydrogen) atoms. The van der Waals surface area contributed by atoms with Crippen molar-refractivity contribution in [3.8, 4) is 5.75 Å². The predicted molar refractivity (Wildman–Crippen MR) is 120 cm³/mol. The van der Waals surface area contributed by atoms with Crippen LogP contribution >= 0.6 is 0 Å². The summed E-state index contributed by atoms with van der Waals surface area (Å²) in [6.07, 6.45) is 1.98. The number of carbonyl (C=O) groups is 2. The first kappa shape index (κ1) is 25.1. The third-order valence-electron chi connectivity index (χ3n) is 5.05. The quantitative estimate of drug-likeness (QED) is 0.567. The van der Waals surface area contributed by atoms with E-state index in [1.54, 1.807) is 19.1 Å². The Kier molecular flexibility index (Phi) is 8.88. The topological polar surface area (TPSA) is 105 Å². The fourth-order valence-electron chi connectivity index (χ4n) is 3.49. The van der Waals surface area contributed by atoms with Gasteiger partial charge in [0.1, 0.15) is 16.7 Å². The van der Waals surface area contributed by atoms with Gasteiger partial charge >= 0.3 is 0 Å². The molecule has 1 atom stereocenters. The highest BCUT2D eigenvalue weighted by molar-refractivity contribution is 7.89. The molecule has 0 bridgehead atoms. The average molecular weight is 454 g/mol. The van der Waals surface area contributed by atoms with Crippen molar-refractivity contribution in [2.24, 2.45) is 11.8 Å². The Morgan fingerprint density at radius 3 is 2.32 bits per heavy atom. The summed E-state index contributed by atoms with van der Waals surface area (Å²) in [6, 6.07) is 3.88. The second kappa shape index (κ2) is 10.9. The fraction of sp³-hybridized carbons (Fsp3) is 0.636. The Morgan fingerprint density at radius 1 is 1.13 bits per heavy atom. The van der Waals surface area contributed by atoms with E-state index in [-0.39, 0.29) is 34.3 Å². The van der Waals surface area contributed by atoms with Gasteiger partial charge in [-0.1, -0.05) is 27.7 Å². The van der Waals surface area contributed by atoms with E-state index in [1.807, 2.05) is 27.7 Å². The SMILES string of the molecule is CCOc1ccc(NC(=O)C(NC(=O)CC(C)C)C(C)C)cc1S(=O)(=O)N1CCCC1. The van der Waals surface area contributed by atoms with Gasteiger partial charge in [-0.25, -0.2) is 8.42 Å². The van der Waals surface area contributed by atoms with Crippen LogP contribution in [0.2, 0.25) is 0 Å². The van der Waals surface area contributed by atoms with E-state index >= 15 is 0 Å². The van der Waals surface area contributed by atoms with Gasteiger partial charge < -0.3 is 15.4 Å². The van der Waals surface area contributed by atoms with Crippen molar-refractivity contribution in [3.63, 3.8) is 0 Å². The molecule has 1 aliphatic rings. The van der Waals surface area contributed by atoms with Crippen LogP contribution in [0, 0.1) is 11.8 Å². The van der Waals surface area contributed by atoms with E-state index in [4.69, 9.17) is 4.74 Å². The minimum atomic E-state index is -3.73. The average Bonchev–Trinajstić information content (AvgIpc) is 3.22. The van der Waals surface area contributed by atoms with Crippen molar-refractivity contribution >= 4 is 27.5 Å². The zero-order chi connectivity index (χ0) is 23.2. The van der Waals surface area contributed by atoms with Crippen molar-refractivity contribution in [1.29, 1.82) is 0 Å². The first-order chi connectivity index (χ1) is 14.6. The lowest BCUT2D eigenvalue weighted by molar-refractivity contribution is -0.127. The van der Waals surface area contributed by atoms with Crippen molar-refractivity contribution in [3.05, 3.63) is 18.2 Å². The van der Waals surface area contributed by atoms with Crippen LogP contribution in [-0.4, -0.2) is 50.3 Å². The molecule has 174 valence electrons. The normalized spacial score (nSPS) is 15.8. The molecule has 1 aliphatic heterocycles. The number of sulfonamides is 1. The first-order valence-corrected chi connectivity index (χ1v) is 12.4. The largest absolute Gasteiger partial charge is 0.492 e. The van der Waals surface area contributed by atoms with E-state index in [2.05, 4.69) is 10.6 Å². The highest BCUT2D eigenvalue weighted by atomic mass is 32.2. The maximum Gasteiger partial charge on any atom is 0.247 e. The molecule has 0 saturated carbocycles. The summed E-state index contributed by atoms with van der Waals surface area (Å²) in [6.45, 7) is 10.6. The lowest BCUT2D eigenvalue weighted by Gasteiger charge is -2.23. The summed E-state index contributed by atoms with van der Waals surface area (Å²) in [4.78, 5) is 25.1. The maximum atomic E-state index is 13.1. The van der Waals surface area contributed by atoms with Crippen LogP contribution in [0.1, 0.15) is 53.9 Å². The number of carbonyl (C=O) groups excluding carboxylic acids is 2. The van der Waals surface area contributed by atoms with Crippen LogP contribution < -0.4 is 15.4 Å². The zero-order valence-corrected chi connectivity index (χ0v) is 19.9. The molecular formula is C22H35N3O5S. The van der Waals surface area contributed by atoms with E-state index in [9.17, 15) is 18.0 Å². The van der Waals surface area contributed by atoms with Crippen LogP contribution in [0.25, 0.3) is 0 Å². The van der Waals surface area contributed by atoms with Crippen LogP contribution in [0.4, 0.5) is 5.69 Å². The molecule has 0 spiro atoms. The number of ether oxygens (including phenoxy) is 1. The smallest absolute Gasteiger partial charge is 0.247 e. The molecule has 0 aromatic heterocycles. The summed E-state index contributed by atoms with van der Waals surface area (Å²) >= 11 is 0. The molecule has 1 saturated heterocycles. The summed E-state index contributed by atoms with van der Waals surface area (Å²) in [5, 5.41) is 5.55. The third kappa shape index (κ3) is 6.67. The fourth-order valence-corrected chi connectivity index (χ4v) is 5.16. The Morgan fingerprint density at radius 2 is 1.77 bits per heavy atom. The molecule has 2 amide bonds. The van der Waals surface area contributed by atoms with Gasteiger partial charge in [0.25, 0.3) is 0 Å². The number of benzene rings is 1. The summed E-state index contributed by atoms with van der Waals surface area (Å²) in [7, 11) is -3.73. The summed E-state index contributed by atoms with van der Waals surface area (Å²) in [5.41, 5.74) is 0.343. The van der Waals surface area contributed by atoms with Crippen molar-refractivity contribution in [2.75, 3.05) is 25.0 Å². The molecule has 1 heterocycles. The Balaban J connectivity index is 2.27. The summed E-state index contributed by atoms with van der Waals surface area (Å²) < 4.78 is 33.3. The van der Waals surface area contributed by atoms with E-state index < -0.39 is 16.1 Å². The number of anilines is 1. The molecule has 1 aromatic rings. The number of nitrogens with zero attached hydrogens (tertiary/aromatic N) is 1. The minimum Gasteiger partial charge on any atom is -0.492 e. The molecule has 0 radical (unpaired) electrons. The lowest BCUT2D eigenvalue weighted by Crippen LogP contribution is -2.47. The Labute approximate surface area is 185 Å². The van der Waals surface area contributed by atoms with Crippen molar-refractivity contribution in [1.82, 2.24) is 9.62 Å². The molecular weight excluding hydrogens is 418 g/mol. The van der Waals surface area contributed by atoms with E-state index in [0.29, 0.717) is 31.8 Å². The van der Waals surface area contributed by atoms with Crippen LogP contribution in [0.3, 0.4) is 0 Å². The van der Waals surface area contributed by atoms with Gasteiger partial charge in [0.05, 0.1) is 6.61 Å². The van der Waals surface area contributed by atoms with Gasteiger partial charge in [0.15, 0.2) is 0 Å². The zero-order valence-electron chi connectivity index (χ0n) is 19.1. The predicted octanol–water partition coefficient (Wildman–Crippen LogP) is 3.00. The number of amides is 2. The van der Waals surface area contributed by atoms with Crippen molar-refractivity contribution in [2.45, 2.75) is 64.8 Å². The van der Waals surface area contributed by atoms with Gasteiger partial charge in [-0.3, -0.25) is 9.59 Å². The van der Waals surface area contributed by atoms with Gasteiger partial charge in [-0.15, -0.1) is 0 Å². The molecule has 1 unspecified atom stereocenters. The molecule has 0 aliphatic carbocycles. The van der Waals surface area contributed by atoms with Gasteiger partial charge in [-0.05, 0) is 49.8 Å². The molecule has 2 N–H and O–H groups in total. The van der Waals surface area contributed by atoms with E-state index in [1.165, 1.54) is 10.4 Å². The van der Waals surface area contributed by atoms with E-state index in [0.717, 1.165) is 12.8 Å². The molecule has 1 fully saturated rings. The number of rotatable bonds is 10. The van der Waals surface area contributed by atoms with Crippen LogP contribution in [-0.2, 0) is 19.6 Å². The number of hydrogen-bond acceptors (Lipinski definition) is 5. The Hall–Kier alpha value is -2.13. The molecule has 1 aromatic carbocycles. The van der Waals surface area contributed by atoms with Gasteiger partial charge in [-0.2, -0.15) is 4.31 Å². The third-order valence-corrected chi connectivity index (χ3v) is 6.97. The van der Waals surface area contributed by atoms with Gasteiger partial charge in [0.2, 0.25) is 21.8 Å². The molecule has 2 rings (SSSR count).